The van der Waals surface area contributed by atoms with Crippen molar-refractivity contribution in [2.45, 2.75) is 6.54 Å². The van der Waals surface area contributed by atoms with Crippen molar-refractivity contribution in [3.63, 3.8) is 0 Å². The SMILES string of the molecule is O=C1/C(=C\c2cccnc2)SC(=S)N1Cc1ccccc1. The minimum absolute atomic E-state index is 0.0438. The molecular weight excluding hydrogens is 300 g/mol. The second-order valence-corrected chi connectivity index (χ2v) is 6.22. The number of rotatable bonds is 3. The van der Waals surface area contributed by atoms with Gasteiger partial charge >= 0.3 is 0 Å². The molecule has 5 heteroatoms. The van der Waals surface area contributed by atoms with Crippen LogP contribution < -0.4 is 0 Å². The number of hydrogen-bond acceptors (Lipinski definition) is 4. The third-order valence-electron chi connectivity index (χ3n) is 3.04. The summed E-state index contributed by atoms with van der Waals surface area (Å²) in [5.74, 6) is -0.0438. The van der Waals surface area contributed by atoms with Crippen LogP contribution in [0.25, 0.3) is 6.08 Å². The average Bonchev–Trinajstić information content (AvgIpc) is 2.77. The monoisotopic (exact) mass is 312 g/mol. The van der Waals surface area contributed by atoms with Gasteiger partial charge in [0.15, 0.2) is 0 Å². The van der Waals surface area contributed by atoms with Crippen LogP contribution in [0.15, 0.2) is 59.8 Å². The summed E-state index contributed by atoms with van der Waals surface area (Å²) >= 11 is 6.66. The molecule has 1 aliphatic heterocycles. The summed E-state index contributed by atoms with van der Waals surface area (Å²) in [6.07, 6.45) is 5.26. The third kappa shape index (κ3) is 3.20. The molecule has 104 valence electrons. The molecule has 0 saturated carbocycles. The first-order valence-corrected chi connectivity index (χ1v) is 7.66. The lowest BCUT2D eigenvalue weighted by Crippen LogP contribution is -2.27. The molecule has 2 heterocycles. The smallest absolute Gasteiger partial charge is 0.266 e. The standard InChI is InChI=1S/C16H12N2OS2/c19-15-14(9-13-7-4-8-17-10-13)21-16(20)18(15)11-12-5-2-1-3-6-12/h1-10H,11H2/b14-9+. The maximum atomic E-state index is 12.5. The highest BCUT2D eigenvalue weighted by atomic mass is 32.2. The highest BCUT2D eigenvalue weighted by Crippen LogP contribution is 2.33. The molecule has 1 saturated heterocycles. The summed E-state index contributed by atoms with van der Waals surface area (Å²) in [4.78, 5) is 18.8. The quantitative estimate of drug-likeness (QED) is 0.642. The van der Waals surface area contributed by atoms with Crippen molar-refractivity contribution >= 4 is 40.3 Å². The number of amides is 1. The van der Waals surface area contributed by atoms with Crippen molar-refractivity contribution in [2.24, 2.45) is 0 Å². The fourth-order valence-electron chi connectivity index (χ4n) is 2.02. The minimum Gasteiger partial charge on any atom is -0.288 e. The van der Waals surface area contributed by atoms with E-state index in [0.717, 1.165) is 11.1 Å². The molecule has 3 rings (SSSR count). The number of thioether (sulfide) groups is 1. The Bertz CT molecular complexity index is 699. The zero-order valence-electron chi connectivity index (χ0n) is 11.1. The number of nitrogens with zero attached hydrogens (tertiary/aromatic N) is 2. The molecule has 0 spiro atoms. The van der Waals surface area contributed by atoms with E-state index >= 15 is 0 Å². The molecule has 1 fully saturated rings. The van der Waals surface area contributed by atoms with E-state index in [1.54, 1.807) is 17.3 Å². The van der Waals surface area contributed by atoms with Gasteiger partial charge in [0, 0.05) is 12.4 Å². The molecule has 0 radical (unpaired) electrons. The number of thiocarbonyl (C=S) groups is 1. The number of hydrogen-bond donors (Lipinski definition) is 0. The lowest BCUT2D eigenvalue weighted by atomic mass is 10.2. The summed E-state index contributed by atoms with van der Waals surface area (Å²) in [5.41, 5.74) is 1.97. The number of pyridine rings is 1. The maximum Gasteiger partial charge on any atom is 0.266 e. The number of carbonyl (C=O) groups excluding carboxylic acids is 1. The molecule has 1 aliphatic rings. The molecule has 2 aromatic rings. The van der Waals surface area contributed by atoms with Crippen LogP contribution in [0.2, 0.25) is 0 Å². The first kappa shape index (κ1) is 14.0. The van der Waals surface area contributed by atoms with Crippen molar-refractivity contribution in [3.05, 3.63) is 70.9 Å². The third-order valence-corrected chi connectivity index (χ3v) is 4.42. The van der Waals surface area contributed by atoms with Gasteiger partial charge in [-0.2, -0.15) is 0 Å². The van der Waals surface area contributed by atoms with Gasteiger partial charge in [0.25, 0.3) is 5.91 Å². The van der Waals surface area contributed by atoms with E-state index in [-0.39, 0.29) is 5.91 Å². The molecule has 21 heavy (non-hydrogen) atoms. The fourth-order valence-corrected chi connectivity index (χ4v) is 3.27. The molecular formula is C16H12N2OS2. The lowest BCUT2D eigenvalue weighted by Gasteiger charge is -2.14. The summed E-state index contributed by atoms with van der Waals surface area (Å²) in [6, 6.07) is 13.6. The number of benzene rings is 1. The van der Waals surface area contributed by atoms with Gasteiger partial charge in [-0.15, -0.1) is 0 Å². The Morgan fingerprint density at radius 1 is 1.19 bits per heavy atom. The summed E-state index contributed by atoms with van der Waals surface area (Å²) in [7, 11) is 0. The van der Waals surface area contributed by atoms with Crippen LogP contribution in [-0.2, 0) is 11.3 Å². The second-order valence-electron chi connectivity index (χ2n) is 4.54. The van der Waals surface area contributed by atoms with Crippen LogP contribution in [0, 0.1) is 0 Å². The van der Waals surface area contributed by atoms with Gasteiger partial charge in [-0.3, -0.25) is 14.7 Å². The molecule has 3 nitrogen and oxygen atoms in total. The van der Waals surface area contributed by atoms with Gasteiger partial charge < -0.3 is 0 Å². The zero-order chi connectivity index (χ0) is 14.7. The molecule has 0 bridgehead atoms. The maximum absolute atomic E-state index is 12.5. The van der Waals surface area contributed by atoms with Crippen molar-refractivity contribution in [1.82, 2.24) is 9.88 Å². The van der Waals surface area contributed by atoms with Gasteiger partial charge in [-0.05, 0) is 23.3 Å². The second kappa shape index (κ2) is 6.20. The largest absolute Gasteiger partial charge is 0.288 e. The molecule has 1 aromatic heterocycles. The number of carbonyl (C=O) groups is 1. The van der Waals surface area contributed by atoms with Gasteiger partial charge in [0.05, 0.1) is 11.4 Å². The van der Waals surface area contributed by atoms with E-state index in [9.17, 15) is 4.79 Å². The first-order chi connectivity index (χ1) is 10.2. The number of aromatic nitrogens is 1. The van der Waals surface area contributed by atoms with Crippen molar-refractivity contribution in [1.29, 1.82) is 0 Å². The Labute approximate surface area is 132 Å². The van der Waals surface area contributed by atoms with Gasteiger partial charge in [0.2, 0.25) is 0 Å². The van der Waals surface area contributed by atoms with E-state index in [0.29, 0.717) is 15.8 Å². The topological polar surface area (TPSA) is 33.2 Å². The molecule has 1 aromatic carbocycles. The molecule has 0 atom stereocenters. The normalized spacial score (nSPS) is 16.8. The van der Waals surface area contributed by atoms with Crippen LogP contribution in [0.1, 0.15) is 11.1 Å². The summed E-state index contributed by atoms with van der Waals surface area (Å²) in [5, 5.41) is 0. The Morgan fingerprint density at radius 2 is 2.00 bits per heavy atom. The van der Waals surface area contributed by atoms with Crippen LogP contribution >= 0.6 is 24.0 Å². The Kier molecular flexibility index (Phi) is 4.13. The van der Waals surface area contributed by atoms with Crippen molar-refractivity contribution in [2.75, 3.05) is 0 Å². The fraction of sp³-hybridized carbons (Fsp3) is 0.0625. The van der Waals surface area contributed by atoms with Gasteiger partial charge in [-0.1, -0.05) is 60.4 Å². The molecule has 0 aliphatic carbocycles. The van der Waals surface area contributed by atoms with Gasteiger partial charge in [0.1, 0.15) is 4.32 Å². The average molecular weight is 312 g/mol. The highest BCUT2D eigenvalue weighted by Gasteiger charge is 2.31. The van der Waals surface area contributed by atoms with E-state index in [1.807, 2.05) is 48.5 Å². The van der Waals surface area contributed by atoms with Crippen LogP contribution in [0.3, 0.4) is 0 Å². The molecule has 0 N–H and O–H groups in total. The van der Waals surface area contributed by atoms with Crippen LogP contribution in [0.5, 0.6) is 0 Å². The lowest BCUT2D eigenvalue weighted by molar-refractivity contribution is -0.122. The van der Waals surface area contributed by atoms with E-state index in [2.05, 4.69) is 4.98 Å². The molecule has 1 amide bonds. The molecule has 0 unspecified atom stereocenters. The van der Waals surface area contributed by atoms with Crippen LogP contribution in [-0.4, -0.2) is 20.1 Å². The summed E-state index contributed by atoms with van der Waals surface area (Å²) < 4.78 is 0.596. The van der Waals surface area contributed by atoms with Crippen molar-refractivity contribution in [3.8, 4) is 0 Å². The van der Waals surface area contributed by atoms with E-state index < -0.39 is 0 Å². The first-order valence-electron chi connectivity index (χ1n) is 6.43. The van der Waals surface area contributed by atoms with Crippen molar-refractivity contribution < 1.29 is 4.79 Å². The predicted molar refractivity (Wildman–Crippen MR) is 89.4 cm³/mol. The zero-order valence-corrected chi connectivity index (χ0v) is 12.7. The van der Waals surface area contributed by atoms with E-state index in [1.165, 1.54) is 11.8 Å². The summed E-state index contributed by atoms with van der Waals surface area (Å²) in [6.45, 7) is 0.510. The van der Waals surface area contributed by atoms with E-state index in [4.69, 9.17) is 12.2 Å². The van der Waals surface area contributed by atoms with Gasteiger partial charge in [-0.25, -0.2) is 0 Å². The highest BCUT2D eigenvalue weighted by molar-refractivity contribution is 8.26. The Morgan fingerprint density at radius 3 is 2.71 bits per heavy atom. The Balaban J connectivity index is 1.81. The minimum atomic E-state index is -0.0438. The van der Waals surface area contributed by atoms with Crippen LogP contribution in [0.4, 0.5) is 0 Å². The predicted octanol–water partition coefficient (Wildman–Crippen LogP) is 3.48. The Hall–Kier alpha value is -1.98.